The van der Waals surface area contributed by atoms with E-state index in [-0.39, 0.29) is 5.91 Å². The first-order valence-electron chi connectivity index (χ1n) is 10.9. The van der Waals surface area contributed by atoms with Crippen molar-refractivity contribution in [2.24, 2.45) is 0 Å². The van der Waals surface area contributed by atoms with Gasteiger partial charge in [0.05, 0.1) is 17.9 Å². The number of rotatable bonds is 11. The van der Waals surface area contributed by atoms with Crippen LogP contribution >= 0.6 is 11.3 Å². The Labute approximate surface area is 188 Å². The lowest BCUT2D eigenvalue weighted by Crippen LogP contribution is -2.38. The van der Waals surface area contributed by atoms with Crippen LogP contribution in [-0.2, 0) is 0 Å². The number of para-hydroxylation sites is 1. The number of nitrogens with zero attached hydrogens (tertiary/aromatic N) is 3. The van der Waals surface area contributed by atoms with Crippen LogP contribution in [0.1, 0.15) is 38.1 Å². The second kappa shape index (κ2) is 11.1. The highest BCUT2D eigenvalue weighted by Crippen LogP contribution is 2.34. The summed E-state index contributed by atoms with van der Waals surface area (Å²) in [4.78, 5) is 22.4. The van der Waals surface area contributed by atoms with Crippen LogP contribution in [0.2, 0.25) is 0 Å². The molecule has 0 aliphatic rings. The summed E-state index contributed by atoms with van der Waals surface area (Å²) < 4.78 is 12.3. The Balaban J connectivity index is 1.94. The highest BCUT2D eigenvalue weighted by molar-refractivity contribution is 7.22. The van der Waals surface area contributed by atoms with Crippen LogP contribution in [0.5, 0.6) is 11.5 Å². The third kappa shape index (κ3) is 5.54. The maximum absolute atomic E-state index is 13.5. The SMILES string of the molecule is CCOc1ccc(C(=O)N(CCN(CC)CC)c2nc3c(OCC)cccc3s2)cc1. The summed E-state index contributed by atoms with van der Waals surface area (Å²) in [5.74, 6) is 1.45. The van der Waals surface area contributed by atoms with Crippen LogP contribution in [-0.4, -0.2) is 55.2 Å². The highest BCUT2D eigenvalue weighted by atomic mass is 32.1. The number of aromatic nitrogens is 1. The molecule has 6 nitrogen and oxygen atoms in total. The molecule has 0 unspecified atom stereocenters. The maximum atomic E-state index is 13.5. The Hall–Kier alpha value is -2.64. The van der Waals surface area contributed by atoms with Gasteiger partial charge in [0.25, 0.3) is 5.91 Å². The van der Waals surface area contributed by atoms with Gasteiger partial charge >= 0.3 is 0 Å². The minimum Gasteiger partial charge on any atom is -0.494 e. The zero-order valence-electron chi connectivity index (χ0n) is 18.8. The lowest BCUT2D eigenvalue weighted by molar-refractivity contribution is 0.0983. The summed E-state index contributed by atoms with van der Waals surface area (Å²) in [5, 5.41) is 0.688. The van der Waals surface area contributed by atoms with Gasteiger partial charge in [-0.3, -0.25) is 9.69 Å². The van der Waals surface area contributed by atoms with E-state index in [1.807, 2.05) is 56.3 Å². The minimum atomic E-state index is -0.0628. The number of carbonyl (C=O) groups is 1. The molecule has 0 saturated heterocycles. The molecule has 0 atom stereocenters. The van der Waals surface area contributed by atoms with Crippen molar-refractivity contribution in [1.82, 2.24) is 9.88 Å². The van der Waals surface area contributed by atoms with Crippen LogP contribution in [0.4, 0.5) is 5.13 Å². The second-order valence-electron chi connectivity index (χ2n) is 6.97. The molecule has 31 heavy (non-hydrogen) atoms. The van der Waals surface area contributed by atoms with Crippen molar-refractivity contribution in [3.63, 3.8) is 0 Å². The Morgan fingerprint density at radius 3 is 2.29 bits per heavy atom. The number of fused-ring (bicyclic) bond motifs is 1. The van der Waals surface area contributed by atoms with E-state index in [1.165, 1.54) is 11.3 Å². The number of carbonyl (C=O) groups excluding carboxylic acids is 1. The molecule has 0 bridgehead atoms. The fraction of sp³-hybridized carbons (Fsp3) is 0.417. The van der Waals surface area contributed by atoms with Crippen molar-refractivity contribution >= 4 is 32.6 Å². The predicted octanol–water partition coefficient (Wildman–Crippen LogP) is 5.08. The summed E-state index contributed by atoms with van der Waals surface area (Å²) in [6.07, 6.45) is 0. The fourth-order valence-electron chi connectivity index (χ4n) is 3.38. The molecule has 3 rings (SSSR count). The summed E-state index contributed by atoms with van der Waals surface area (Å²) >= 11 is 1.52. The zero-order valence-corrected chi connectivity index (χ0v) is 19.6. The molecular weight excluding hydrogens is 410 g/mol. The summed E-state index contributed by atoms with van der Waals surface area (Å²) in [6.45, 7) is 12.6. The molecule has 0 spiro atoms. The molecule has 1 amide bonds. The van der Waals surface area contributed by atoms with Crippen LogP contribution < -0.4 is 14.4 Å². The number of hydrogen-bond acceptors (Lipinski definition) is 6. The van der Waals surface area contributed by atoms with E-state index < -0.39 is 0 Å². The van der Waals surface area contributed by atoms with Gasteiger partial charge in [0, 0.05) is 18.7 Å². The van der Waals surface area contributed by atoms with Crippen LogP contribution in [0.15, 0.2) is 42.5 Å². The van der Waals surface area contributed by atoms with Crippen LogP contribution in [0, 0.1) is 0 Å². The molecule has 0 N–H and O–H groups in total. The van der Waals surface area contributed by atoms with E-state index in [0.717, 1.165) is 41.3 Å². The van der Waals surface area contributed by atoms with Gasteiger partial charge in [-0.25, -0.2) is 4.98 Å². The van der Waals surface area contributed by atoms with Gasteiger partial charge in [-0.15, -0.1) is 0 Å². The van der Waals surface area contributed by atoms with Crippen molar-refractivity contribution in [2.75, 3.05) is 44.3 Å². The molecular formula is C24H31N3O3S. The number of hydrogen-bond donors (Lipinski definition) is 0. The second-order valence-corrected chi connectivity index (χ2v) is 7.98. The molecule has 1 aromatic heterocycles. The zero-order chi connectivity index (χ0) is 22.2. The largest absolute Gasteiger partial charge is 0.494 e. The van der Waals surface area contributed by atoms with Crippen molar-refractivity contribution in [3.8, 4) is 11.5 Å². The smallest absolute Gasteiger partial charge is 0.260 e. The first kappa shape index (κ1) is 23.0. The third-order valence-electron chi connectivity index (χ3n) is 5.09. The molecule has 0 fully saturated rings. The number of likely N-dealkylation sites (N-methyl/N-ethyl adjacent to an activating group) is 1. The molecule has 0 aliphatic heterocycles. The highest BCUT2D eigenvalue weighted by Gasteiger charge is 2.23. The van der Waals surface area contributed by atoms with Gasteiger partial charge in [0.1, 0.15) is 17.0 Å². The summed E-state index contributed by atoms with van der Waals surface area (Å²) in [6, 6.07) is 13.2. The maximum Gasteiger partial charge on any atom is 0.260 e. The van der Waals surface area contributed by atoms with Gasteiger partial charge in [-0.05, 0) is 63.3 Å². The summed E-state index contributed by atoms with van der Waals surface area (Å²) in [5.41, 5.74) is 1.42. The number of anilines is 1. The minimum absolute atomic E-state index is 0.0628. The molecule has 3 aromatic rings. The normalized spacial score (nSPS) is 11.1. The van der Waals surface area contributed by atoms with Crippen LogP contribution in [0.25, 0.3) is 10.2 Å². The Morgan fingerprint density at radius 1 is 0.935 bits per heavy atom. The molecule has 0 aliphatic carbocycles. The molecule has 2 aromatic carbocycles. The standard InChI is InChI=1S/C24H31N3O3S/c1-5-26(6-2)16-17-27(23(28)18-12-14-19(15-13-18)29-7-3)24-25-22-20(30-8-4)10-9-11-21(22)31-24/h9-15H,5-8,16-17H2,1-4H3. The van der Waals surface area contributed by atoms with Gasteiger partial charge in [0.2, 0.25) is 0 Å². The van der Waals surface area contributed by atoms with Gasteiger partial charge < -0.3 is 14.4 Å². The van der Waals surface area contributed by atoms with E-state index >= 15 is 0 Å². The van der Waals surface area contributed by atoms with Gasteiger partial charge in [-0.1, -0.05) is 31.3 Å². The Kier molecular flexibility index (Phi) is 8.26. The average Bonchev–Trinajstić information content (AvgIpc) is 3.22. The van der Waals surface area contributed by atoms with E-state index in [0.29, 0.717) is 30.5 Å². The molecule has 1 heterocycles. The third-order valence-corrected chi connectivity index (χ3v) is 6.14. The first-order valence-corrected chi connectivity index (χ1v) is 11.7. The summed E-state index contributed by atoms with van der Waals surface area (Å²) in [7, 11) is 0. The molecule has 7 heteroatoms. The molecule has 0 radical (unpaired) electrons. The van der Waals surface area contributed by atoms with E-state index in [2.05, 4.69) is 18.7 Å². The van der Waals surface area contributed by atoms with E-state index in [9.17, 15) is 4.79 Å². The predicted molar refractivity (Wildman–Crippen MR) is 128 cm³/mol. The number of benzene rings is 2. The lowest BCUT2D eigenvalue weighted by atomic mass is 10.2. The van der Waals surface area contributed by atoms with Crippen molar-refractivity contribution in [3.05, 3.63) is 48.0 Å². The number of ether oxygens (including phenoxy) is 2. The first-order chi connectivity index (χ1) is 15.1. The van der Waals surface area contributed by atoms with Crippen LogP contribution in [0.3, 0.4) is 0 Å². The molecule has 166 valence electrons. The van der Waals surface area contributed by atoms with E-state index in [4.69, 9.17) is 14.5 Å². The topological polar surface area (TPSA) is 54.9 Å². The fourth-order valence-corrected chi connectivity index (χ4v) is 4.39. The number of thiazole rings is 1. The monoisotopic (exact) mass is 441 g/mol. The average molecular weight is 442 g/mol. The lowest BCUT2D eigenvalue weighted by Gasteiger charge is -2.24. The Morgan fingerprint density at radius 2 is 1.65 bits per heavy atom. The number of amides is 1. The van der Waals surface area contributed by atoms with Crippen molar-refractivity contribution in [2.45, 2.75) is 27.7 Å². The Bertz CT molecular complexity index is 983. The van der Waals surface area contributed by atoms with E-state index in [1.54, 1.807) is 4.90 Å². The quantitative estimate of drug-likeness (QED) is 0.415. The van der Waals surface area contributed by atoms with Gasteiger partial charge in [-0.2, -0.15) is 0 Å². The molecule has 0 saturated carbocycles. The van der Waals surface area contributed by atoms with Gasteiger partial charge in [0.15, 0.2) is 5.13 Å². The van der Waals surface area contributed by atoms with Crippen molar-refractivity contribution < 1.29 is 14.3 Å². The van der Waals surface area contributed by atoms with Crippen molar-refractivity contribution in [1.29, 1.82) is 0 Å².